The Bertz CT molecular complexity index is 837. The first-order valence-electron chi connectivity index (χ1n) is 10.1. The molecule has 1 amide bonds. The molecule has 1 aromatic carbocycles. The highest BCUT2D eigenvalue weighted by Crippen LogP contribution is 2.47. The van der Waals surface area contributed by atoms with Crippen molar-refractivity contribution >= 4 is 22.6 Å². The molecule has 1 aliphatic rings. The normalized spacial score (nSPS) is 20.5. The molecule has 4 heteroatoms. The molecule has 0 bridgehead atoms. The zero-order valence-electron chi connectivity index (χ0n) is 17.3. The van der Waals surface area contributed by atoms with Gasteiger partial charge in [0.1, 0.15) is 5.82 Å². The first-order valence-corrected chi connectivity index (χ1v) is 10.1. The molecular formula is C23H33N3O. The maximum Gasteiger partial charge on any atom is 0.223 e. The van der Waals surface area contributed by atoms with Crippen LogP contribution >= 0.6 is 0 Å². The van der Waals surface area contributed by atoms with Gasteiger partial charge in [-0.15, -0.1) is 0 Å². The second kappa shape index (κ2) is 7.49. The molecule has 1 heterocycles. The Hall–Kier alpha value is -2.10. The van der Waals surface area contributed by atoms with Crippen LogP contribution in [-0.4, -0.2) is 17.4 Å². The molecule has 3 N–H and O–H groups in total. The number of fused-ring (bicyclic) bond motifs is 1. The van der Waals surface area contributed by atoms with Crippen molar-refractivity contribution < 1.29 is 4.79 Å². The lowest BCUT2D eigenvalue weighted by Gasteiger charge is -2.19. The summed E-state index contributed by atoms with van der Waals surface area (Å²) in [6.45, 7) is 11.5. The van der Waals surface area contributed by atoms with Gasteiger partial charge in [0.15, 0.2) is 0 Å². The van der Waals surface area contributed by atoms with Crippen LogP contribution in [0.5, 0.6) is 0 Å². The molecule has 1 fully saturated rings. The number of carbonyl (C=O) groups excluding carboxylic acids is 1. The van der Waals surface area contributed by atoms with Crippen LogP contribution < -0.4 is 11.1 Å². The van der Waals surface area contributed by atoms with Crippen LogP contribution in [0.3, 0.4) is 0 Å². The number of aromatic nitrogens is 1. The number of nitrogen functional groups attached to an aromatic ring is 1. The van der Waals surface area contributed by atoms with E-state index in [9.17, 15) is 4.79 Å². The summed E-state index contributed by atoms with van der Waals surface area (Å²) in [5, 5.41) is 4.17. The van der Waals surface area contributed by atoms with Crippen molar-refractivity contribution in [3.63, 3.8) is 0 Å². The van der Waals surface area contributed by atoms with Crippen molar-refractivity contribution in [3.05, 3.63) is 35.4 Å². The minimum Gasteiger partial charge on any atom is -0.383 e. The Labute approximate surface area is 162 Å². The summed E-state index contributed by atoms with van der Waals surface area (Å²) in [6.07, 6.45) is 2.85. The number of amides is 1. The van der Waals surface area contributed by atoms with Crippen LogP contribution in [0.25, 0.3) is 10.9 Å². The van der Waals surface area contributed by atoms with Crippen molar-refractivity contribution in [1.29, 1.82) is 0 Å². The van der Waals surface area contributed by atoms with E-state index in [-0.39, 0.29) is 17.2 Å². The topological polar surface area (TPSA) is 68.0 Å². The fraction of sp³-hybridized carbons (Fsp3) is 0.565. The first kappa shape index (κ1) is 19.7. The maximum atomic E-state index is 12.4. The molecule has 0 radical (unpaired) electrons. The van der Waals surface area contributed by atoms with Crippen LogP contribution in [0.1, 0.15) is 64.5 Å². The van der Waals surface area contributed by atoms with Crippen LogP contribution in [-0.2, 0) is 11.2 Å². The average molecular weight is 368 g/mol. The molecule has 0 aliphatic heterocycles. The van der Waals surface area contributed by atoms with Crippen LogP contribution in [0.4, 0.5) is 5.82 Å². The summed E-state index contributed by atoms with van der Waals surface area (Å²) in [5.74, 6) is 1.95. The predicted octanol–water partition coefficient (Wildman–Crippen LogP) is 4.67. The fourth-order valence-electron chi connectivity index (χ4n) is 3.59. The van der Waals surface area contributed by atoms with Gasteiger partial charge in [0.25, 0.3) is 0 Å². The Morgan fingerprint density at radius 1 is 1.33 bits per heavy atom. The highest BCUT2D eigenvalue weighted by atomic mass is 16.1. The number of hydrogen-bond donors (Lipinski definition) is 2. The monoisotopic (exact) mass is 367 g/mol. The molecule has 146 valence electrons. The van der Waals surface area contributed by atoms with Gasteiger partial charge >= 0.3 is 0 Å². The largest absolute Gasteiger partial charge is 0.383 e. The van der Waals surface area contributed by atoms with Crippen LogP contribution in [0.2, 0.25) is 0 Å². The lowest BCUT2D eigenvalue weighted by Crippen LogP contribution is -2.32. The van der Waals surface area contributed by atoms with E-state index in [2.05, 4.69) is 62.3 Å². The Balaban J connectivity index is 1.69. The number of carbonyl (C=O) groups is 1. The number of hydrogen-bond acceptors (Lipinski definition) is 3. The third kappa shape index (κ3) is 5.00. The number of anilines is 1. The van der Waals surface area contributed by atoms with E-state index < -0.39 is 0 Å². The average Bonchev–Trinajstić information content (AvgIpc) is 3.30. The van der Waals surface area contributed by atoms with Gasteiger partial charge in [0, 0.05) is 17.8 Å². The van der Waals surface area contributed by atoms with E-state index in [0.717, 1.165) is 28.8 Å². The van der Waals surface area contributed by atoms with Gasteiger partial charge in [-0.2, -0.15) is 0 Å². The molecule has 3 rings (SSSR count). The standard InChI is InChI=1S/C23H33N3O/c1-14-11-19(14)16-6-7-20-17(12-16)13-18(21(24)26-20)10-15(2)22(27)25-9-8-23(3,4)5/h6-7,12-15,19H,8-11H2,1-5H3,(H2,24,26)(H,25,27). The second-order valence-electron chi connectivity index (χ2n) is 9.51. The molecule has 4 nitrogen and oxygen atoms in total. The zero-order valence-corrected chi connectivity index (χ0v) is 17.3. The van der Waals surface area contributed by atoms with Crippen molar-refractivity contribution in [2.75, 3.05) is 12.3 Å². The van der Waals surface area contributed by atoms with E-state index in [0.29, 0.717) is 24.7 Å². The molecule has 0 spiro atoms. The summed E-state index contributed by atoms with van der Waals surface area (Å²) >= 11 is 0. The zero-order chi connectivity index (χ0) is 19.8. The second-order valence-corrected chi connectivity index (χ2v) is 9.51. The number of nitrogens with zero attached hydrogens (tertiary/aromatic N) is 1. The van der Waals surface area contributed by atoms with Crippen LogP contribution in [0.15, 0.2) is 24.3 Å². The van der Waals surface area contributed by atoms with Crippen LogP contribution in [0, 0.1) is 17.3 Å². The minimum atomic E-state index is -0.127. The lowest BCUT2D eigenvalue weighted by molar-refractivity contribution is -0.124. The summed E-state index contributed by atoms with van der Waals surface area (Å²) < 4.78 is 0. The molecule has 1 saturated carbocycles. The number of benzene rings is 1. The summed E-state index contributed by atoms with van der Waals surface area (Å²) in [7, 11) is 0. The van der Waals surface area contributed by atoms with E-state index in [1.165, 1.54) is 12.0 Å². The first-order chi connectivity index (χ1) is 12.6. The van der Waals surface area contributed by atoms with Crippen molar-refractivity contribution in [2.24, 2.45) is 17.3 Å². The Kier molecular flexibility index (Phi) is 5.45. The van der Waals surface area contributed by atoms with Gasteiger partial charge in [0.2, 0.25) is 5.91 Å². The summed E-state index contributed by atoms with van der Waals surface area (Å²) in [5.41, 5.74) is 9.68. The van der Waals surface area contributed by atoms with E-state index in [4.69, 9.17) is 5.73 Å². The van der Waals surface area contributed by atoms with Gasteiger partial charge < -0.3 is 11.1 Å². The van der Waals surface area contributed by atoms with Gasteiger partial charge in [-0.3, -0.25) is 4.79 Å². The SMILES string of the molecule is CC(Cc1cc2cc(C3CC3C)ccc2nc1N)C(=O)NCCC(C)(C)C. The number of nitrogens with one attached hydrogen (secondary N) is 1. The third-order valence-electron chi connectivity index (χ3n) is 5.64. The van der Waals surface area contributed by atoms with Gasteiger partial charge in [0.05, 0.1) is 5.52 Å². The fourth-order valence-corrected chi connectivity index (χ4v) is 3.59. The van der Waals surface area contributed by atoms with Gasteiger partial charge in [-0.05, 0) is 65.8 Å². The number of nitrogens with two attached hydrogens (primary N) is 1. The molecule has 27 heavy (non-hydrogen) atoms. The number of pyridine rings is 1. The predicted molar refractivity (Wildman–Crippen MR) is 113 cm³/mol. The van der Waals surface area contributed by atoms with Crippen molar-refractivity contribution in [2.45, 2.75) is 59.8 Å². The quantitative estimate of drug-likeness (QED) is 0.779. The smallest absolute Gasteiger partial charge is 0.223 e. The van der Waals surface area contributed by atoms with E-state index >= 15 is 0 Å². The highest BCUT2D eigenvalue weighted by Gasteiger charge is 2.33. The minimum absolute atomic E-state index is 0.0827. The Morgan fingerprint density at radius 3 is 2.67 bits per heavy atom. The van der Waals surface area contributed by atoms with Gasteiger partial charge in [-0.25, -0.2) is 4.98 Å². The third-order valence-corrected chi connectivity index (χ3v) is 5.64. The molecular weight excluding hydrogens is 334 g/mol. The van der Waals surface area contributed by atoms with E-state index in [1.807, 2.05) is 6.92 Å². The van der Waals surface area contributed by atoms with Gasteiger partial charge in [-0.1, -0.05) is 40.7 Å². The molecule has 1 aliphatic carbocycles. The molecule has 3 atom stereocenters. The van der Waals surface area contributed by atoms with E-state index in [1.54, 1.807) is 0 Å². The van der Waals surface area contributed by atoms with Crippen molar-refractivity contribution in [3.8, 4) is 0 Å². The molecule has 1 aromatic heterocycles. The summed E-state index contributed by atoms with van der Waals surface area (Å²) in [4.78, 5) is 17.0. The highest BCUT2D eigenvalue weighted by molar-refractivity contribution is 5.83. The molecule has 2 aromatic rings. The van der Waals surface area contributed by atoms with Crippen molar-refractivity contribution in [1.82, 2.24) is 10.3 Å². The molecule has 3 unspecified atom stereocenters. The summed E-state index contributed by atoms with van der Waals surface area (Å²) in [6, 6.07) is 8.60. The Morgan fingerprint density at radius 2 is 2.04 bits per heavy atom. The number of rotatable bonds is 6. The molecule has 0 saturated heterocycles. The lowest BCUT2D eigenvalue weighted by atomic mass is 9.92. The maximum absolute atomic E-state index is 12.4.